The number of alkyl halides is 1. The molecule has 4 atom stereocenters. The number of aliphatic hydroxyl groups is 1. The van der Waals surface area contributed by atoms with Crippen molar-refractivity contribution < 1.29 is 23.9 Å². The number of hydrogen-bond acceptors (Lipinski definition) is 5. The molecule has 1 aliphatic rings. The zero-order valence-electron chi connectivity index (χ0n) is 28.7. The van der Waals surface area contributed by atoms with Gasteiger partial charge in [-0.1, -0.05) is 103 Å². The van der Waals surface area contributed by atoms with Crippen molar-refractivity contribution in [2.45, 2.75) is 153 Å². The van der Waals surface area contributed by atoms with Gasteiger partial charge in [0.15, 0.2) is 8.32 Å². The lowest BCUT2D eigenvalue weighted by atomic mass is 9.87. The number of carbonyl (C=O) groups is 2. The Morgan fingerprint density at radius 2 is 1.70 bits per heavy atom. The number of ketones is 1. The Morgan fingerprint density at radius 1 is 1.07 bits per heavy atom. The smallest absolute Gasteiger partial charge is 0.305 e. The standard InChI is InChI=1S/C37H61ClO5Si/c1-8-9-23-37(6,41)24-14-16-33-32(15-12-10-11-13-17-36(40)42-7)34(39)26-35(33)43-44(28(2)3,29(4)5)25-22-30-18-20-31(27-38)21-19-30/h14,16,18-21,28-29,32-33,35,41H,8-13,15,17,22-27H2,1-7H3/b16-14+/t32-,33-,35-,37?/m1/s1. The summed E-state index contributed by atoms with van der Waals surface area (Å²) in [5.41, 5.74) is 2.51. The van der Waals surface area contributed by atoms with E-state index in [9.17, 15) is 14.7 Å². The van der Waals surface area contributed by atoms with Crippen molar-refractivity contribution in [3.05, 3.63) is 47.5 Å². The molecule has 1 aromatic rings. The Morgan fingerprint density at radius 3 is 2.30 bits per heavy atom. The van der Waals surface area contributed by atoms with E-state index >= 15 is 0 Å². The lowest BCUT2D eigenvalue weighted by Gasteiger charge is -2.42. The van der Waals surface area contributed by atoms with E-state index in [1.54, 1.807) is 0 Å². The third-order valence-corrected chi connectivity index (χ3v) is 15.9. The van der Waals surface area contributed by atoms with E-state index in [2.05, 4.69) is 71.0 Å². The van der Waals surface area contributed by atoms with Gasteiger partial charge < -0.3 is 14.3 Å². The van der Waals surface area contributed by atoms with Crippen molar-refractivity contribution in [2.24, 2.45) is 11.8 Å². The molecule has 1 N–H and O–H groups in total. The highest BCUT2D eigenvalue weighted by Gasteiger charge is 2.49. The first-order chi connectivity index (χ1) is 20.9. The number of carbonyl (C=O) groups excluding carboxylic acids is 2. The molecule has 1 unspecified atom stereocenters. The highest BCUT2D eigenvalue weighted by Crippen LogP contribution is 2.44. The number of hydrogen-bond donors (Lipinski definition) is 1. The van der Waals surface area contributed by atoms with Crippen LogP contribution in [0.15, 0.2) is 36.4 Å². The average molecular weight is 649 g/mol. The summed E-state index contributed by atoms with van der Waals surface area (Å²) >= 11 is 6.02. The van der Waals surface area contributed by atoms with Crippen molar-refractivity contribution >= 4 is 31.7 Å². The summed E-state index contributed by atoms with van der Waals surface area (Å²) in [6.07, 6.45) is 14.1. The number of rotatable bonds is 21. The summed E-state index contributed by atoms with van der Waals surface area (Å²) in [7, 11) is -0.854. The monoisotopic (exact) mass is 648 g/mol. The minimum Gasteiger partial charge on any atom is -0.469 e. The Hall–Kier alpha value is -1.47. The Balaban J connectivity index is 2.24. The molecule has 0 saturated heterocycles. The third-order valence-electron chi connectivity index (χ3n) is 9.88. The fourth-order valence-electron chi connectivity index (χ4n) is 6.91. The van der Waals surface area contributed by atoms with Gasteiger partial charge in [-0.25, -0.2) is 0 Å². The summed E-state index contributed by atoms with van der Waals surface area (Å²) in [6.45, 7) is 13.3. The van der Waals surface area contributed by atoms with E-state index in [0.717, 1.165) is 69.4 Å². The van der Waals surface area contributed by atoms with Crippen molar-refractivity contribution in [2.75, 3.05) is 7.11 Å². The van der Waals surface area contributed by atoms with Crippen LogP contribution in [0, 0.1) is 11.8 Å². The van der Waals surface area contributed by atoms with Crippen LogP contribution in [0.2, 0.25) is 17.1 Å². The summed E-state index contributed by atoms with van der Waals surface area (Å²) < 4.78 is 12.1. The van der Waals surface area contributed by atoms with E-state index in [0.29, 0.717) is 42.0 Å². The van der Waals surface area contributed by atoms with Gasteiger partial charge in [0.1, 0.15) is 5.78 Å². The number of methoxy groups -OCH3 is 1. The number of esters is 1. The summed E-state index contributed by atoms with van der Waals surface area (Å²) in [6, 6.07) is 9.62. The minimum atomic E-state index is -2.28. The molecular formula is C37H61ClO5Si. The molecule has 2 rings (SSSR count). The number of unbranched alkanes of at least 4 members (excludes halogenated alkanes) is 4. The molecule has 7 heteroatoms. The van der Waals surface area contributed by atoms with Crippen LogP contribution in [0.1, 0.15) is 123 Å². The van der Waals surface area contributed by atoms with Crippen LogP contribution >= 0.6 is 11.6 Å². The van der Waals surface area contributed by atoms with Gasteiger partial charge in [-0.05, 0) is 67.3 Å². The molecule has 0 spiro atoms. The topological polar surface area (TPSA) is 72.8 Å². The van der Waals surface area contributed by atoms with Crippen LogP contribution in [-0.2, 0) is 31.1 Å². The summed E-state index contributed by atoms with van der Waals surface area (Å²) in [4.78, 5) is 25.1. The Labute approximate surface area is 274 Å². The molecule has 0 bridgehead atoms. The molecule has 0 amide bonds. The molecule has 1 saturated carbocycles. The lowest BCUT2D eigenvalue weighted by molar-refractivity contribution is -0.140. The maximum atomic E-state index is 13.6. The van der Waals surface area contributed by atoms with Crippen molar-refractivity contribution in [3.8, 4) is 0 Å². The molecular weight excluding hydrogens is 588 g/mol. The second kappa shape index (κ2) is 19.2. The molecule has 0 heterocycles. The van der Waals surface area contributed by atoms with Crippen LogP contribution in [0.3, 0.4) is 0 Å². The van der Waals surface area contributed by atoms with Gasteiger partial charge in [0, 0.05) is 30.6 Å². The first-order valence-electron chi connectivity index (χ1n) is 17.2. The first kappa shape index (κ1) is 38.7. The van der Waals surface area contributed by atoms with Crippen LogP contribution < -0.4 is 0 Å². The van der Waals surface area contributed by atoms with Gasteiger partial charge >= 0.3 is 5.97 Å². The van der Waals surface area contributed by atoms with Crippen LogP contribution in [0.4, 0.5) is 0 Å². The van der Waals surface area contributed by atoms with E-state index in [1.807, 2.05) is 6.92 Å². The molecule has 0 aliphatic heterocycles. The molecule has 5 nitrogen and oxygen atoms in total. The van der Waals surface area contributed by atoms with Crippen molar-refractivity contribution in [1.29, 1.82) is 0 Å². The van der Waals surface area contributed by atoms with Gasteiger partial charge in [-0.2, -0.15) is 0 Å². The number of Topliss-reactive ketones (excluding diaryl/α,β-unsaturated/α-hetero) is 1. The Bertz CT molecular complexity index is 1010. The molecule has 1 fully saturated rings. The van der Waals surface area contributed by atoms with Crippen LogP contribution in [0.25, 0.3) is 0 Å². The number of aryl methyl sites for hydroxylation is 1. The minimum absolute atomic E-state index is 0.0203. The molecule has 0 radical (unpaired) electrons. The quantitative estimate of drug-likeness (QED) is 0.0472. The third kappa shape index (κ3) is 12.0. The average Bonchev–Trinajstić information content (AvgIpc) is 3.28. The van der Waals surface area contributed by atoms with Gasteiger partial charge in [-0.3, -0.25) is 9.59 Å². The largest absolute Gasteiger partial charge is 0.469 e. The predicted octanol–water partition coefficient (Wildman–Crippen LogP) is 9.72. The molecule has 0 aromatic heterocycles. The van der Waals surface area contributed by atoms with E-state index in [1.165, 1.54) is 12.7 Å². The van der Waals surface area contributed by atoms with Gasteiger partial charge in [-0.15, -0.1) is 11.6 Å². The zero-order valence-corrected chi connectivity index (χ0v) is 30.5. The van der Waals surface area contributed by atoms with Gasteiger partial charge in [0.25, 0.3) is 0 Å². The van der Waals surface area contributed by atoms with E-state index in [-0.39, 0.29) is 23.9 Å². The summed E-state index contributed by atoms with van der Waals surface area (Å²) in [5, 5.41) is 10.9. The normalized spacial score (nSPS) is 20.6. The molecule has 1 aromatic carbocycles. The van der Waals surface area contributed by atoms with Gasteiger partial charge in [0.05, 0.1) is 18.8 Å². The lowest BCUT2D eigenvalue weighted by Crippen LogP contribution is -2.48. The van der Waals surface area contributed by atoms with E-state index in [4.69, 9.17) is 20.8 Å². The molecule has 250 valence electrons. The number of halogens is 1. The van der Waals surface area contributed by atoms with E-state index < -0.39 is 13.9 Å². The highest BCUT2D eigenvalue weighted by atomic mass is 35.5. The SMILES string of the molecule is CCCCC(C)(O)C/C=C/[C@H]1[C@H](O[Si](CCc2ccc(CCl)cc2)(C(C)C)C(C)C)CC(=O)[C@@H]1CCCCCCC(=O)OC. The Kier molecular flexibility index (Phi) is 16.9. The summed E-state index contributed by atoms with van der Waals surface area (Å²) in [5.74, 6) is 0.627. The molecule has 1 aliphatic carbocycles. The molecule has 44 heavy (non-hydrogen) atoms. The van der Waals surface area contributed by atoms with Gasteiger partial charge in [0.2, 0.25) is 0 Å². The van der Waals surface area contributed by atoms with Crippen LogP contribution in [0.5, 0.6) is 0 Å². The maximum absolute atomic E-state index is 13.6. The first-order valence-corrected chi connectivity index (χ1v) is 20.0. The zero-order chi connectivity index (χ0) is 32.8. The number of ether oxygens (including phenoxy) is 1. The van der Waals surface area contributed by atoms with Crippen molar-refractivity contribution in [3.63, 3.8) is 0 Å². The fourth-order valence-corrected chi connectivity index (χ4v) is 11.7. The predicted molar refractivity (Wildman–Crippen MR) is 186 cm³/mol. The fraction of sp³-hybridized carbons (Fsp3) is 0.730. The van der Waals surface area contributed by atoms with Crippen LogP contribution in [-0.4, -0.2) is 44.0 Å². The number of benzene rings is 1. The maximum Gasteiger partial charge on any atom is 0.305 e. The second-order valence-corrected chi connectivity index (χ2v) is 19.2. The highest BCUT2D eigenvalue weighted by molar-refractivity contribution is 6.76. The van der Waals surface area contributed by atoms with Crippen molar-refractivity contribution in [1.82, 2.24) is 0 Å². The second-order valence-electron chi connectivity index (χ2n) is 14.0.